The molecule has 0 saturated carbocycles. The lowest BCUT2D eigenvalue weighted by molar-refractivity contribution is 0.186. The van der Waals surface area contributed by atoms with E-state index in [2.05, 4.69) is 24.5 Å². The molecule has 1 aromatic rings. The van der Waals surface area contributed by atoms with Crippen molar-refractivity contribution in [3.63, 3.8) is 0 Å². The average molecular weight is 294 g/mol. The zero-order valence-electron chi connectivity index (χ0n) is 13.2. The molecule has 3 N–H and O–H groups in total. The maximum absolute atomic E-state index is 11.9. The van der Waals surface area contributed by atoms with Gasteiger partial charge in [-0.15, -0.1) is 0 Å². The van der Waals surface area contributed by atoms with Crippen LogP contribution in [-0.2, 0) is 0 Å². The molecule has 0 radical (unpaired) electrons. The third-order valence-electron chi connectivity index (χ3n) is 3.08. The Kier molecular flexibility index (Phi) is 7.02. The fraction of sp³-hybridized carbons (Fsp3) is 0.562. The highest BCUT2D eigenvalue weighted by molar-refractivity contribution is 5.74. The number of para-hydroxylation sites is 1. The molecule has 0 aliphatic carbocycles. The third-order valence-corrected chi connectivity index (χ3v) is 3.08. The standard InChI is InChI=1S/C16H26N2O3/c1-11(2)9-14(18-16(20)17-10-12(3)19)13-7-5-6-8-15(13)21-4/h5-8,11-12,14,19H,9-10H2,1-4H3,(H2,17,18,20)/t12-,14-/m1/s1. The Morgan fingerprint density at radius 3 is 2.52 bits per heavy atom. The van der Waals surface area contributed by atoms with Crippen LogP contribution in [0, 0.1) is 5.92 Å². The lowest BCUT2D eigenvalue weighted by Crippen LogP contribution is -2.41. The molecule has 21 heavy (non-hydrogen) atoms. The van der Waals surface area contributed by atoms with Crippen molar-refractivity contribution in [3.8, 4) is 5.75 Å². The van der Waals surface area contributed by atoms with E-state index < -0.39 is 6.10 Å². The van der Waals surface area contributed by atoms with Crippen molar-refractivity contribution in [3.05, 3.63) is 29.8 Å². The smallest absolute Gasteiger partial charge is 0.315 e. The summed E-state index contributed by atoms with van der Waals surface area (Å²) in [6.07, 6.45) is 0.244. The number of methoxy groups -OCH3 is 1. The summed E-state index contributed by atoms with van der Waals surface area (Å²) in [6.45, 7) is 6.08. The molecule has 1 aromatic carbocycles. The van der Waals surface area contributed by atoms with Gasteiger partial charge in [0.1, 0.15) is 5.75 Å². The van der Waals surface area contributed by atoms with Crippen molar-refractivity contribution in [1.29, 1.82) is 0 Å². The molecular formula is C16H26N2O3. The van der Waals surface area contributed by atoms with Crippen molar-refractivity contribution < 1.29 is 14.6 Å². The molecular weight excluding hydrogens is 268 g/mol. The minimum atomic E-state index is -0.564. The van der Waals surface area contributed by atoms with Crippen LogP contribution >= 0.6 is 0 Å². The summed E-state index contributed by atoms with van der Waals surface area (Å²) in [4.78, 5) is 11.9. The van der Waals surface area contributed by atoms with E-state index in [4.69, 9.17) is 4.74 Å². The first-order valence-corrected chi connectivity index (χ1v) is 7.29. The molecule has 1 rings (SSSR count). The van der Waals surface area contributed by atoms with Crippen molar-refractivity contribution in [2.24, 2.45) is 5.92 Å². The number of hydrogen-bond donors (Lipinski definition) is 3. The number of benzene rings is 1. The Morgan fingerprint density at radius 1 is 1.29 bits per heavy atom. The molecule has 5 heteroatoms. The fourth-order valence-electron chi connectivity index (χ4n) is 2.14. The number of amides is 2. The van der Waals surface area contributed by atoms with Gasteiger partial charge >= 0.3 is 6.03 Å². The largest absolute Gasteiger partial charge is 0.496 e. The highest BCUT2D eigenvalue weighted by atomic mass is 16.5. The molecule has 0 aromatic heterocycles. The molecule has 0 bridgehead atoms. The zero-order valence-corrected chi connectivity index (χ0v) is 13.2. The molecule has 2 atom stereocenters. The number of aliphatic hydroxyl groups excluding tert-OH is 1. The van der Waals surface area contributed by atoms with Crippen LogP contribution in [0.2, 0.25) is 0 Å². The highest BCUT2D eigenvalue weighted by Crippen LogP contribution is 2.29. The maximum atomic E-state index is 11.9. The second-order valence-corrected chi connectivity index (χ2v) is 5.63. The van der Waals surface area contributed by atoms with Crippen molar-refractivity contribution in [2.75, 3.05) is 13.7 Å². The summed E-state index contributed by atoms with van der Waals surface area (Å²) in [5.74, 6) is 1.19. The number of rotatable bonds is 7. The van der Waals surface area contributed by atoms with E-state index in [9.17, 15) is 9.90 Å². The second kappa shape index (κ2) is 8.52. The van der Waals surface area contributed by atoms with Gasteiger partial charge in [-0.2, -0.15) is 0 Å². The first kappa shape index (κ1) is 17.3. The van der Waals surface area contributed by atoms with Crippen LogP contribution < -0.4 is 15.4 Å². The van der Waals surface area contributed by atoms with Gasteiger partial charge in [-0.25, -0.2) is 4.79 Å². The monoisotopic (exact) mass is 294 g/mol. The van der Waals surface area contributed by atoms with E-state index in [-0.39, 0.29) is 18.6 Å². The van der Waals surface area contributed by atoms with Gasteiger partial charge < -0.3 is 20.5 Å². The molecule has 0 saturated heterocycles. The van der Waals surface area contributed by atoms with Gasteiger partial charge in [-0.1, -0.05) is 32.0 Å². The van der Waals surface area contributed by atoms with Crippen LogP contribution in [0.3, 0.4) is 0 Å². The first-order chi connectivity index (χ1) is 9.93. The summed E-state index contributed by atoms with van der Waals surface area (Å²) in [5.41, 5.74) is 0.959. The van der Waals surface area contributed by atoms with Crippen LogP contribution in [0.4, 0.5) is 4.79 Å². The Labute approximate surface area is 126 Å². The summed E-state index contributed by atoms with van der Waals surface area (Å²) >= 11 is 0. The SMILES string of the molecule is COc1ccccc1[C@@H](CC(C)C)NC(=O)NC[C@@H](C)O. The van der Waals surface area contributed by atoms with Crippen molar-refractivity contribution in [1.82, 2.24) is 10.6 Å². The van der Waals surface area contributed by atoms with Crippen LogP contribution in [0.25, 0.3) is 0 Å². The second-order valence-electron chi connectivity index (χ2n) is 5.63. The van der Waals surface area contributed by atoms with E-state index in [0.29, 0.717) is 5.92 Å². The van der Waals surface area contributed by atoms with Crippen LogP contribution in [0.5, 0.6) is 5.75 Å². The molecule has 5 nitrogen and oxygen atoms in total. The summed E-state index contributed by atoms with van der Waals surface area (Å²) in [5, 5.41) is 14.8. The van der Waals surface area contributed by atoms with E-state index in [0.717, 1.165) is 17.7 Å². The van der Waals surface area contributed by atoms with E-state index >= 15 is 0 Å². The highest BCUT2D eigenvalue weighted by Gasteiger charge is 2.19. The topological polar surface area (TPSA) is 70.6 Å². The number of nitrogens with one attached hydrogen (secondary N) is 2. The molecule has 0 fully saturated rings. The quantitative estimate of drug-likeness (QED) is 0.723. The predicted octanol–water partition coefficient (Wildman–Crippen LogP) is 2.46. The zero-order chi connectivity index (χ0) is 15.8. The molecule has 0 unspecified atom stereocenters. The number of carbonyl (C=O) groups is 1. The summed E-state index contributed by atoms with van der Waals surface area (Å²) in [7, 11) is 1.62. The van der Waals surface area contributed by atoms with Crippen molar-refractivity contribution >= 4 is 6.03 Å². The summed E-state index contributed by atoms with van der Waals surface area (Å²) < 4.78 is 5.38. The Hall–Kier alpha value is -1.75. The van der Waals surface area contributed by atoms with Gasteiger partial charge in [0, 0.05) is 12.1 Å². The van der Waals surface area contributed by atoms with Gasteiger partial charge in [0.25, 0.3) is 0 Å². The molecule has 0 aliphatic heterocycles. The molecule has 0 spiro atoms. The van der Waals surface area contributed by atoms with Crippen LogP contribution in [-0.4, -0.2) is 30.9 Å². The lowest BCUT2D eigenvalue weighted by Gasteiger charge is -2.23. The number of carbonyl (C=O) groups excluding carboxylic acids is 1. The molecule has 0 aliphatic rings. The number of hydrogen-bond acceptors (Lipinski definition) is 3. The average Bonchev–Trinajstić information content (AvgIpc) is 2.44. The van der Waals surface area contributed by atoms with Gasteiger partial charge in [0.2, 0.25) is 0 Å². The van der Waals surface area contributed by atoms with Crippen LogP contribution in [0.1, 0.15) is 38.8 Å². The Bertz CT molecular complexity index is 447. The number of aliphatic hydroxyl groups is 1. The minimum absolute atomic E-state index is 0.129. The number of urea groups is 1. The normalized spacial score (nSPS) is 13.6. The van der Waals surface area contributed by atoms with E-state index in [1.807, 2.05) is 24.3 Å². The van der Waals surface area contributed by atoms with E-state index in [1.165, 1.54) is 0 Å². The number of ether oxygens (including phenoxy) is 1. The molecule has 118 valence electrons. The van der Waals surface area contributed by atoms with Crippen LogP contribution in [0.15, 0.2) is 24.3 Å². The Morgan fingerprint density at radius 2 is 1.95 bits per heavy atom. The van der Waals surface area contributed by atoms with Crippen molar-refractivity contribution in [2.45, 2.75) is 39.3 Å². The predicted molar refractivity (Wildman–Crippen MR) is 83.4 cm³/mol. The van der Waals surface area contributed by atoms with Gasteiger partial charge in [0.15, 0.2) is 0 Å². The van der Waals surface area contributed by atoms with Gasteiger partial charge in [0.05, 0.1) is 19.3 Å². The van der Waals surface area contributed by atoms with Gasteiger partial charge in [-0.05, 0) is 25.3 Å². The first-order valence-electron chi connectivity index (χ1n) is 7.29. The third kappa shape index (κ3) is 6.04. The van der Waals surface area contributed by atoms with E-state index in [1.54, 1.807) is 14.0 Å². The van der Waals surface area contributed by atoms with Gasteiger partial charge in [-0.3, -0.25) is 0 Å². The maximum Gasteiger partial charge on any atom is 0.315 e. The fourth-order valence-corrected chi connectivity index (χ4v) is 2.14. The summed E-state index contributed by atoms with van der Waals surface area (Å²) in [6, 6.07) is 7.27. The Balaban J connectivity index is 2.82. The molecule has 0 heterocycles. The lowest BCUT2D eigenvalue weighted by atomic mass is 9.96. The minimum Gasteiger partial charge on any atom is -0.496 e. The molecule has 2 amide bonds.